The fourth-order valence-corrected chi connectivity index (χ4v) is 3.78. The summed E-state index contributed by atoms with van der Waals surface area (Å²) in [4.78, 5) is 20.6. The molecule has 2 aliphatic heterocycles. The molecule has 2 saturated heterocycles. The normalized spacial score (nSPS) is 19.0. The van der Waals surface area contributed by atoms with Crippen molar-refractivity contribution in [1.29, 1.82) is 0 Å². The van der Waals surface area contributed by atoms with Gasteiger partial charge in [-0.2, -0.15) is 4.98 Å². The van der Waals surface area contributed by atoms with Crippen molar-refractivity contribution in [3.63, 3.8) is 0 Å². The SMILES string of the molecule is c1cc(N2CCN(c3nccs3)CC2)nc(N2CCCC2)n1. The van der Waals surface area contributed by atoms with E-state index in [1.165, 1.54) is 12.8 Å². The molecular formula is C15H20N6S. The molecule has 7 heteroatoms. The van der Waals surface area contributed by atoms with Crippen LogP contribution in [0.4, 0.5) is 16.9 Å². The molecule has 0 atom stereocenters. The summed E-state index contributed by atoms with van der Waals surface area (Å²) in [5.41, 5.74) is 0. The van der Waals surface area contributed by atoms with E-state index in [9.17, 15) is 0 Å². The zero-order chi connectivity index (χ0) is 14.8. The van der Waals surface area contributed by atoms with Gasteiger partial charge in [0, 0.05) is 57.0 Å². The van der Waals surface area contributed by atoms with E-state index in [0.29, 0.717) is 0 Å². The Morgan fingerprint density at radius 3 is 2.32 bits per heavy atom. The van der Waals surface area contributed by atoms with E-state index in [2.05, 4.69) is 24.7 Å². The molecule has 2 aliphatic rings. The standard InChI is InChI=1S/C15H20N6S/c1-2-7-20(6-1)14-16-4-3-13(18-14)19-8-10-21(11-9-19)15-17-5-12-22-15/h3-5,12H,1-2,6-11H2. The van der Waals surface area contributed by atoms with Gasteiger partial charge >= 0.3 is 0 Å². The quantitative estimate of drug-likeness (QED) is 0.861. The van der Waals surface area contributed by atoms with Crippen molar-refractivity contribution in [2.75, 3.05) is 54.0 Å². The van der Waals surface area contributed by atoms with E-state index < -0.39 is 0 Å². The largest absolute Gasteiger partial charge is 0.353 e. The van der Waals surface area contributed by atoms with E-state index in [1.54, 1.807) is 11.3 Å². The van der Waals surface area contributed by atoms with E-state index in [4.69, 9.17) is 4.98 Å². The highest BCUT2D eigenvalue weighted by atomic mass is 32.1. The van der Waals surface area contributed by atoms with Gasteiger partial charge in [0.2, 0.25) is 5.95 Å². The van der Waals surface area contributed by atoms with Crippen molar-refractivity contribution in [2.45, 2.75) is 12.8 Å². The number of nitrogens with zero attached hydrogens (tertiary/aromatic N) is 6. The molecule has 0 bridgehead atoms. The van der Waals surface area contributed by atoms with Crippen LogP contribution in [0.15, 0.2) is 23.8 Å². The molecule has 2 fully saturated rings. The summed E-state index contributed by atoms with van der Waals surface area (Å²) in [5.74, 6) is 1.94. The van der Waals surface area contributed by atoms with Crippen LogP contribution >= 0.6 is 11.3 Å². The molecule has 4 heterocycles. The predicted octanol–water partition coefficient (Wildman–Crippen LogP) is 1.86. The van der Waals surface area contributed by atoms with Crippen LogP contribution in [0.1, 0.15) is 12.8 Å². The molecule has 116 valence electrons. The Hall–Kier alpha value is -1.89. The topological polar surface area (TPSA) is 48.4 Å². The number of thiazole rings is 1. The Labute approximate surface area is 134 Å². The Balaban J connectivity index is 1.43. The van der Waals surface area contributed by atoms with Crippen LogP contribution in [0.2, 0.25) is 0 Å². The van der Waals surface area contributed by atoms with Gasteiger partial charge in [0.05, 0.1) is 0 Å². The summed E-state index contributed by atoms with van der Waals surface area (Å²) in [6.07, 6.45) is 6.27. The van der Waals surface area contributed by atoms with Crippen molar-refractivity contribution in [3.05, 3.63) is 23.8 Å². The average Bonchev–Trinajstić information content (AvgIpc) is 3.29. The first-order valence-electron chi connectivity index (χ1n) is 7.87. The molecule has 0 unspecified atom stereocenters. The molecule has 0 radical (unpaired) electrons. The summed E-state index contributed by atoms with van der Waals surface area (Å²) in [6, 6.07) is 2.03. The van der Waals surface area contributed by atoms with Gasteiger partial charge in [0.25, 0.3) is 0 Å². The third kappa shape index (κ3) is 2.72. The first-order chi connectivity index (χ1) is 10.9. The molecule has 0 saturated carbocycles. The fourth-order valence-electron chi connectivity index (χ4n) is 3.08. The Kier molecular flexibility index (Phi) is 3.80. The second-order valence-corrected chi connectivity index (χ2v) is 6.57. The molecule has 0 aromatic carbocycles. The molecule has 22 heavy (non-hydrogen) atoms. The van der Waals surface area contributed by atoms with Gasteiger partial charge < -0.3 is 14.7 Å². The lowest BCUT2D eigenvalue weighted by atomic mass is 10.3. The molecule has 0 amide bonds. The van der Waals surface area contributed by atoms with Gasteiger partial charge in [-0.15, -0.1) is 11.3 Å². The molecule has 2 aromatic rings. The van der Waals surface area contributed by atoms with Gasteiger partial charge in [-0.05, 0) is 18.9 Å². The van der Waals surface area contributed by atoms with Crippen LogP contribution in [-0.4, -0.2) is 54.2 Å². The van der Waals surface area contributed by atoms with Crippen LogP contribution in [0.25, 0.3) is 0 Å². The molecule has 6 nitrogen and oxygen atoms in total. The van der Waals surface area contributed by atoms with Crippen molar-refractivity contribution < 1.29 is 0 Å². The third-order valence-corrected chi connectivity index (χ3v) is 5.14. The second-order valence-electron chi connectivity index (χ2n) is 5.70. The molecule has 0 N–H and O–H groups in total. The lowest BCUT2D eigenvalue weighted by Gasteiger charge is -2.35. The molecular weight excluding hydrogens is 296 g/mol. The van der Waals surface area contributed by atoms with Crippen LogP contribution in [0.5, 0.6) is 0 Å². The highest BCUT2D eigenvalue weighted by molar-refractivity contribution is 7.13. The Bertz CT molecular complexity index is 602. The van der Waals surface area contributed by atoms with Crippen LogP contribution in [0.3, 0.4) is 0 Å². The van der Waals surface area contributed by atoms with Crippen molar-refractivity contribution in [2.24, 2.45) is 0 Å². The van der Waals surface area contributed by atoms with Gasteiger partial charge in [-0.25, -0.2) is 9.97 Å². The molecule has 4 rings (SSSR count). The van der Waals surface area contributed by atoms with Crippen LogP contribution in [-0.2, 0) is 0 Å². The van der Waals surface area contributed by atoms with Crippen molar-refractivity contribution in [3.8, 4) is 0 Å². The summed E-state index contributed by atoms with van der Waals surface area (Å²) in [6.45, 7) is 6.13. The highest BCUT2D eigenvalue weighted by Gasteiger charge is 2.21. The minimum absolute atomic E-state index is 0.886. The first-order valence-corrected chi connectivity index (χ1v) is 8.75. The Morgan fingerprint density at radius 1 is 0.818 bits per heavy atom. The zero-order valence-corrected chi connectivity index (χ0v) is 13.4. The third-order valence-electron chi connectivity index (χ3n) is 4.31. The van der Waals surface area contributed by atoms with Crippen molar-refractivity contribution >= 4 is 28.2 Å². The van der Waals surface area contributed by atoms with Gasteiger partial charge in [0.1, 0.15) is 5.82 Å². The smallest absolute Gasteiger partial charge is 0.227 e. The van der Waals surface area contributed by atoms with Gasteiger partial charge in [-0.3, -0.25) is 0 Å². The monoisotopic (exact) mass is 316 g/mol. The number of piperazine rings is 1. The average molecular weight is 316 g/mol. The lowest BCUT2D eigenvalue weighted by Crippen LogP contribution is -2.46. The summed E-state index contributed by atoms with van der Waals surface area (Å²) in [7, 11) is 0. The minimum atomic E-state index is 0.886. The fraction of sp³-hybridized carbons (Fsp3) is 0.533. The summed E-state index contributed by atoms with van der Waals surface area (Å²) >= 11 is 1.71. The van der Waals surface area contributed by atoms with E-state index in [1.807, 2.05) is 23.8 Å². The van der Waals surface area contributed by atoms with Crippen molar-refractivity contribution in [1.82, 2.24) is 15.0 Å². The number of hydrogen-bond acceptors (Lipinski definition) is 7. The van der Waals surface area contributed by atoms with Gasteiger partial charge in [0.15, 0.2) is 5.13 Å². The molecule has 0 aliphatic carbocycles. The number of anilines is 3. The number of rotatable bonds is 3. The first kappa shape index (κ1) is 13.8. The van der Waals surface area contributed by atoms with Gasteiger partial charge in [-0.1, -0.05) is 0 Å². The summed E-state index contributed by atoms with van der Waals surface area (Å²) in [5, 5.41) is 3.16. The van der Waals surface area contributed by atoms with E-state index in [-0.39, 0.29) is 0 Å². The second kappa shape index (κ2) is 6.08. The van der Waals surface area contributed by atoms with Crippen LogP contribution in [0, 0.1) is 0 Å². The van der Waals surface area contributed by atoms with E-state index in [0.717, 1.165) is 56.2 Å². The maximum absolute atomic E-state index is 4.78. The predicted molar refractivity (Wildman–Crippen MR) is 90.0 cm³/mol. The van der Waals surface area contributed by atoms with E-state index >= 15 is 0 Å². The zero-order valence-electron chi connectivity index (χ0n) is 12.6. The minimum Gasteiger partial charge on any atom is -0.353 e. The molecule has 0 spiro atoms. The highest BCUT2D eigenvalue weighted by Crippen LogP contribution is 2.22. The maximum Gasteiger partial charge on any atom is 0.227 e. The Morgan fingerprint density at radius 2 is 1.59 bits per heavy atom. The maximum atomic E-state index is 4.78. The number of aromatic nitrogens is 3. The molecule has 2 aromatic heterocycles. The number of hydrogen-bond donors (Lipinski definition) is 0. The van der Waals surface area contributed by atoms with Crippen LogP contribution < -0.4 is 14.7 Å². The lowest BCUT2D eigenvalue weighted by molar-refractivity contribution is 0.645. The summed E-state index contributed by atoms with van der Waals surface area (Å²) < 4.78 is 0.